The Bertz CT molecular complexity index is 996. The van der Waals surface area contributed by atoms with Gasteiger partial charge in [-0.15, -0.1) is 10.2 Å². The minimum Gasteiger partial charge on any atom is -0.427 e. The van der Waals surface area contributed by atoms with E-state index in [-0.39, 0.29) is 11.0 Å². The number of nitrogens with zero attached hydrogens (tertiary/aromatic N) is 4. The third-order valence-corrected chi connectivity index (χ3v) is 7.34. The lowest BCUT2D eigenvalue weighted by Gasteiger charge is -2.53. The van der Waals surface area contributed by atoms with E-state index in [0.717, 1.165) is 43.9 Å². The smallest absolute Gasteiger partial charge is 0.223 e. The second-order valence-electron chi connectivity index (χ2n) is 9.19. The van der Waals surface area contributed by atoms with E-state index in [2.05, 4.69) is 70.3 Å². The van der Waals surface area contributed by atoms with Gasteiger partial charge in [0.15, 0.2) is 0 Å². The van der Waals surface area contributed by atoms with Crippen molar-refractivity contribution in [1.29, 1.82) is 0 Å². The Kier molecular flexibility index (Phi) is 4.32. The summed E-state index contributed by atoms with van der Waals surface area (Å²) in [5, 5.41) is 8.42. The quantitative estimate of drug-likeness (QED) is 0.677. The molecular formula is C24H28N4O. The Morgan fingerprint density at radius 1 is 1.14 bits per heavy atom. The van der Waals surface area contributed by atoms with E-state index in [4.69, 9.17) is 4.42 Å². The van der Waals surface area contributed by atoms with E-state index in [0.29, 0.717) is 5.92 Å². The van der Waals surface area contributed by atoms with Crippen LogP contribution in [0.2, 0.25) is 0 Å². The highest BCUT2D eigenvalue weighted by atomic mass is 16.4. The Morgan fingerprint density at radius 2 is 1.97 bits per heavy atom. The average molecular weight is 389 g/mol. The number of rotatable bonds is 3. The van der Waals surface area contributed by atoms with Crippen molar-refractivity contribution in [3.05, 3.63) is 77.3 Å². The number of aryl methyl sites for hydroxylation is 1. The summed E-state index contributed by atoms with van der Waals surface area (Å²) in [5.74, 6) is 1.26. The van der Waals surface area contributed by atoms with Crippen molar-refractivity contribution >= 4 is 0 Å². The summed E-state index contributed by atoms with van der Waals surface area (Å²) in [6.07, 6.45) is 6.58. The van der Waals surface area contributed by atoms with Crippen LogP contribution >= 0.6 is 0 Å². The molecule has 3 heterocycles. The highest BCUT2D eigenvalue weighted by molar-refractivity contribution is 5.36. The molecular weight excluding hydrogens is 360 g/mol. The van der Waals surface area contributed by atoms with Gasteiger partial charge in [-0.2, -0.15) is 0 Å². The molecule has 5 rings (SSSR count). The van der Waals surface area contributed by atoms with Crippen LogP contribution in [-0.2, 0) is 23.8 Å². The van der Waals surface area contributed by atoms with Gasteiger partial charge in [-0.25, -0.2) is 0 Å². The maximum Gasteiger partial charge on any atom is 0.223 e. The van der Waals surface area contributed by atoms with Crippen molar-refractivity contribution in [3.63, 3.8) is 0 Å². The fourth-order valence-electron chi connectivity index (χ4n) is 5.36. The zero-order chi connectivity index (χ0) is 20.1. The number of hydrogen-bond acceptors (Lipinski definition) is 5. The first kappa shape index (κ1) is 18.5. The van der Waals surface area contributed by atoms with Crippen molar-refractivity contribution < 1.29 is 4.42 Å². The van der Waals surface area contributed by atoms with Crippen molar-refractivity contribution in [3.8, 4) is 0 Å². The van der Waals surface area contributed by atoms with Crippen LogP contribution in [-0.4, -0.2) is 33.2 Å². The van der Waals surface area contributed by atoms with Crippen LogP contribution in [0.3, 0.4) is 0 Å². The SMILES string of the molecule is Cc1ccc(C(C)(C)N2CCC3(c4nnco4)Cc4ccccc4CC3C2)cn1. The third-order valence-electron chi connectivity index (χ3n) is 7.34. The van der Waals surface area contributed by atoms with Gasteiger partial charge < -0.3 is 4.42 Å². The zero-order valence-corrected chi connectivity index (χ0v) is 17.4. The number of hydrogen-bond donors (Lipinski definition) is 0. The lowest BCUT2D eigenvalue weighted by atomic mass is 9.60. The van der Waals surface area contributed by atoms with E-state index in [9.17, 15) is 0 Å². The average Bonchev–Trinajstić information content (AvgIpc) is 3.27. The van der Waals surface area contributed by atoms with Gasteiger partial charge in [-0.3, -0.25) is 9.88 Å². The molecule has 0 N–H and O–H groups in total. The molecule has 1 aliphatic heterocycles. The zero-order valence-electron chi connectivity index (χ0n) is 17.4. The van der Waals surface area contributed by atoms with E-state index >= 15 is 0 Å². The number of benzene rings is 1. The van der Waals surface area contributed by atoms with E-state index in [1.807, 2.05) is 13.1 Å². The van der Waals surface area contributed by atoms with Crippen LogP contribution in [0.4, 0.5) is 0 Å². The standard InChI is InChI=1S/C24H28N4O/c1-17-8-9-20(14-25-17)23(2,3)28-11-10-24(22-27-26-16-29-22)13-19-7-5-4-6-18(19)12-21(24)15-28/h4-9,14,16,21H,10-13,15H2,1-3H3. The topological polar surface area (TPSA) is 55.1 Å². The second kappa shape index (κ2) is 6.77. The van der Waals surface area contributed by atoms with Crippen molar-refractivity contribution in [2.24, 2.45) is 5.92 Å². The summed E-state index contributed by atoms with van der Waals surface area (Å²) in [7, 11) is 0. The first-order chi connectivity index (χ1) is 14.0. The van der Waals surface area contributed by atoms with Crippen LogP contribution < -0.4 is 0 Å². The Morgan fingerprint density at radius 3 is 2.69 bits per heavy atom. The van der Waals surface area contributed by atoms with Gasteiger partial charge in [0.2, 0.25) is 12.3 Å². The summed E-state index contributed by atoms with van der Waals surface area (Å²) < 4.78 is 5.82. The molecule has 1 aliphatic carbocycles. The molecule has 1 fully saturated rings. The number of piperidine rings is 1. The van der Waals surface area contributed by atoms with Crippen molar-refractivity contribution in [2.75, 3.05) is 13.1 Å². The Hall–Kier alpha value is -2.53. The van der Waals surface area contributed by atoms with Gasteiger partial charge in [0.1, 0.15) is 0 Å². The first-order valence-electron chi connectivity index (χ1n) is 10.5. The van der Waals surface area contributed by atoms with Gasteiger partial charge in [0, 0.05) is 30.5 Å². The van der Waals surface area contributed by atoms with Crippen molar-refractivity contribution in [2.45, 2.75) is 51.0 Å². The highest BCUT2D eigenvalue weighted by Crippen LogP contribution is 2.49. The van der Waals surface area contributed by atoms with Crippen LogP contribution in [0.15, 0.2) is 53.4 Å². The van der Waals surface area contributed by atoms with E-state index in [1.54, 1.807) is 0 Å². The summed E-state index contributed by atoms with van der Waals surface area (Å²) in [5.41, 5.74) is 5.08. The maximum absolute atomic E-state index is 5.82. The molecule has 2 aromatic heterocycles. The first-order valence-corrected chi connectivity index (χ1v) is 10.5. The molecule has 0 saturated carbocycles. The summed E-state index contributed by atoms with van der Waals surface area (Å²) in [4.78, 5) is 7.16. The molecule has 5 heteroatoms. The lowest BCUT2D eigenvalue weighted by molar-refractivity contribution is 0.00409. The fraction of sp³-hybridized carbons (Fsp3) is 0.458. The van der Waals surface area contributed by atoms with E-state index < -0.39 is 0 Å². The lowest BCUT2D eigenvalue weighted by Crippen LogP contribution is -2.57. The molecule has 2 atom stereocenters. The molecule has 2 unspecified atom stereocenters. The monoisotopic (exact) mass is 388 g/mol. The normalized spacial score (nSPS) is 24.7. The van der Waals surface area contributed by atoms with Crippen molar-refractivity contribution in [1.82, 2.24) is 20.1 Å². The molecule has 0 spiro atoms. The van der Waals surface area contributed by atoms with E-state index in [1.165, 1.54) is 23.1 Å². The van der Waals surface area contributed by atoms with Crippen LogP contribution in [0.1, 0.15) is 48.5 Å². The molecule has 1 aromatic carbocycles. The summed E-state index contributed by atoms with van der Waals surface area (Å²) >= 11 is 0. The second-order valence-corrected chi connectivity index (χ2v) is 9.19. The number of aromatic nitrogens is 3. The molecule has 0 radical (unpaired) electrons. The minimum absolute atomic E-state index is 0.0665. The van der Waals surface area contributed by atoms with Crippen LogP contribution in [0, 0.1) is 12.8 Å². The fourth-order valence-corrected chi connectivity index (χ4v) is 5.36. The van der Waals surface area contributed by atoms with Gasteiger partial charge >= 0.3 is 0 Å². The van der Waals surface area contributed by atoms with Crippen LogP contribution in [0.25, 0.3) is 0 Å². The molecule has 3 aromatic rings. The third kappa shape index (κ3) is 2.99. The largest absolute Gasteiger partial charge is 0.427 e. The maximum atomic E-state index is 5.82. The predicted octanol–water partition coefficient (Wildman–Crippen LogP) is 4.07. The van der Waals surface area contributed by atoms with Gasteiger partial charge in [-0.1, -0.05) is 30.3 Å². The Labute approximate surface area is 172 Å². The highest BCUT2D eigenvalue weighted by Gasteiger charge is 2.52. The van der Waals surface area contributed by atoms with Crippen LogP contribution in [0.5, 0.6) is 0 Å². The minimum atomic E-state index is -0.0708. The Balaban J connectivity index is 1.50. The molecule has 5 nitrogen and oxygen atoms in total. The molecule has 0 bridgehead atoms. The number of fused-ring (bicyclic) bond motifs is 2. The number of pyridine rings is 1. The molecule has 29 heavy (non-hydrogen) atoms. The van der Waals surface area contributed by atoms with Gasteiger partial charge in [0.05, 0.1) is 5.41 Å². The van der Waals surface area contributed by atoms with Gasteiger partial charge in [-0.05, 0) is 68.7 Å². The molecule has 0 amide bonds. The summed E-state index contributed by atoms with van der Waals surface area (Å²) in [6.45, 7) is 8.68. The number of likely N-dealkylation sites (tertiary alicyclic amines) is 1. The molecule has 150 valence electrons. The summed E-state index contributed by atoms with van der Waals surface area (Å²) in [6, 6.07) is 13.2. The van der Waals surface area contributed by atoms with Gasteiger partial charge in [0.25, 0.3) is 0 Å². The predicted molar refractivity (Wildman–Crippen MR) is 112 cm³/mol. The molecule has 2 aliphatic rings. The molecule has 1 saturated heterocycles.